The van der Waals surface area contributed by atoms with Gasteiger partial charge in [0.15, 0.2) is 10.8 Å². The molecule has 10 rings (SSSR count). The summed E-state index contributed by atoms with van der Waals surface area (Å²) in [6, 6.07) is 9.98. The number of alkyl halides is 3. The van der Waals surface area contributed by atoms with E-state index in [0.717, 1.165) is 40.8 Å². The Morgan fingerprint density at radius 2 is 1.78 bits per heavy atom. The maximum Gasteiger partial charge on any atom is 0.419 e. The van der Waals surface area contributed by atoms with E-state index in [1.54, 1.807) is 24.5 Å². The first-order chi connectivity index (χ1) is 24.0. The molecule has 5 heterocycles. The third-order valence-electron chi connectivity index (χ3n) is 11.3. The number of rotatable bonds is 7. The number of imidazole rings is 1. The first kappa shape index (κ1) is 31.2. The number of carboxylic acids is 1. The average Bonchev–Trinajstić information content (AvgIpc) is 3.74. The summed E-state index contributed by atoms with van der Waals surface area (Å²) < 4.78 is 47.6. The lowest BCUT2D eigenvalue weighted by Gasteiger charge is -2.48. The molecule has 2 N–H and O–H groups in total. The van der Waals surface area contributed by atoms with E-state index in [2.05, 4.69) is 25.0 Å². The molecule has 13 heteroatoms. The Balaban J connectivity index is 1.06. The highest BCUT2D eigenvalue weighted by molar-refractivity contribution is 7.22. The molecule has 5 aromatic heterocycles. The van der Waals surface area contributed by atoms with Crippen LogP contribution >= 0.6 is 11.3 Å². The molecule has 9 nitrogen and oxygen atoms in total. The third kappa shape index (κ3) is 5.24. The normalized spacial score (nSPS) is 23.2. The SMILES string of the molecule is Cc1c(-c2ccn3c(-c4cnc(Nc5nc6ccccc6s5)c(C(F)(F)F)c4)cnc3c2C(=O)O)cnn1CC12CC3CCC(CC(C3)C1)C2. The number of nitrogens with one attached hydrogen (secondary N) is 1. The van der Waals surface area contributed by atoms with Gasteiger partial charge >= 0.3 is 12.1 Å². The maximum atomic E-state index is 14.4. The van der Waals surface area contributed by atoms with E-state index in [0.29, 0.717) is 16.6 Å². The van der Waals surface area contributed by atoms with E-state index >= 15 is 0 Å². The van der Waals surface area contributed by atoms with Crippen LogP contribution in [0.3, 0.4) is 0 Å². The molecule has 256 valence electrons. The summed E-state index contributed by atoms with van der Waals surface area (Å²) in [4.78, 5) is 25.8. The van der Waals surface area contributed by atoms with Crippen LogP contribution in [0.15, 0.2) is 61.2 Å². The Morgan fingerprint density at radius 3 is 2.52 bits per heavy atom. The Morgan fingerprint density at radius 1 is 1.02 bits per heavy atom. The minimum absolute atomic E-state index is 0.0360. The van der Waals surface area contributed by atoms with Crippen LogP contribution in [-0.4, -0.2) is 40.2 Å². The lowest BCUT2D eigenvalue weighted by Crippen LogP contribution is -2.40. The second-order valence-corrected chi connectivity index (χ2v) is 15.6. The summed E-state index contributed by atoms with van der Waals surface area (Å²) >= 11 is 1.23. The van der Waals surface area contributed by atoms with Crippen molar-refractivity contribution < 1.29 is 23.1 Å². The fraction of sp³-hybridized carbons (Fsp3) is 0.378. The summed E-state index contributed by atoms with van der Waals surface area (Å²) in [5.41, 5.74) is 2.52. The number of nitrogens with zero attached hydrogens (tertiary/aromatic N) is 6. The highest BCUT2D eigenvalue weighted by Crippen LogP contribution is 2.58. The monoisotopic (exact) mass is 697 g/mol. The van der Waals surface area contributed by atoms with Gasteiger partial charge in [0.2, 0.25) is 0 Å². The topological polar surface area (TPSA) is 110 Å². The number of anilines is 2. The molecule has 50 heavy (non-hydrogen) atoms. The van der Waals surface area contributed by atoms with E-state index in [4.69, 9.17) is 5.10 Å². The molecule has 0 radical (unpaired) electrons. The lowest BCUT2D eigenvalue weighted by molar-refractivity contribution is -0.137. The second kappa shape index (κ2) is 11.4. The number of carboxylic acid groups (broad SMARTS) is 1. The summed E-state index contributed by atoms with van der Waals surface area (Å²) in [5.74, 6) is 0.826. The molecule has 4 aliphatic carbocycles. The molecular weight excluding hydrogens is 664 g/mol. The van der Waals surface area contributed by atoms with E-state index in [1.807, 2.05) is 25.1 Å². The zero-order valence-electron chi connectivity index (χ0n) is 27.2. The standard InChI is InChI=1S/C37H34F3N7O2S/c1-20-26(17-43-47(20)19-36-13-21-6-7-22(14-36)11-23(10-21)15-36)25-8-9-46-29(18-42-33(46)31(25)34(48)49)24-12-27(37(38,39)40)32(41-16-24)45-35-44-28-4-2-3-5-30(28)50-35/h2-5,8-9,12,16-18,21-23H,6-7,10-11,13-15,19H2,1H3,(H,48,49)(H,41,44,45). The number of carbonyl (C=O) groups is 1. The van der Waals surface area contributed by atoms with Gasteiger partial charge in [-0.3, -0.25) is 9.08 Å². The summed E-state index contributed by atoms with van der Waals surface area (Å²) in [6.45, 7) is 2.82. The first-order valence-electron chi connectivity index (χ1n) is 17.0. The van der Waals surface area contributed by atoms with E-state index < -0.39 is 17.7 Å². The van der Waals surface area contributed by atoms with Crippen molar-refractivity contribution >= 4 is 44.1 Å². The number of benzene rings is 1. The largest absolute Gasteiger partial charge is 0.478 e. The fourth-order valence-electron chi connectivity index (χ4n) is 9.40. The van der Waals surface area contributed by atoms with Gasteiger partial charge in [0.25, 0.3) is 0 Å². The van der Waals surface area contributed by atoms with Crippen molar-refractivity contribution in [2.24, 2.45) is 23.2 Å². The van der Waals surface area contributed by atoms with Crippen molar-refractivity contribution in [2.45, 2.75) is 64.6 Å². The van der Waals surface area contributed by atoms with Crippen molar-refractivity contribution in [1.29, 1.82) is 0 Å². The van der Waals surface area contributed by atoms with Gasteiger partial charge in [-0.15, -0.1) is 0 Å². The predicted molar refractivity (Wildman–Crippen MR) is 184 cm³/mol. The van der Waals surface area contributed by atoms with Crippen LogP contribution in [0, 0.1) is 30.1 Å². The van der Waals surface area contributed by atoms with Crippen molar-refractivity contribution in [3.63, 3.8) is 0 Å². The predicted octanol–water partition coefficient (Wildman–Crippen LogP) is 9.25. The lowest BCUT2D eigenvalue weighted by atomic mass is 9.58. The Hall–Kier alpha value is -4.78. The Labute approximate surface area is 289 Å². The number of fused-ring (bicyclic) bond motifs is 3. The number of thiazole rings is 1. The molecule has 0 saturated heterocycles. The molecule has 0 aliphatic heterocycles. The quantitative estimate of drug-likeness (QED) is 0.171. The van der Waals surface area contributed by atoms with Crippen LogP contribution in [0.1, 0.15) is 66.6 Å². The van der Waals surface area contributed by atoms with Gasteiger partial charge in [-0.1, -0.05) is 36.3 Å². The van der Waals surface area contributed by atoms with E-state index in [1.165, 1.54) is 73.1 Å². The van der Waals surface area contributed by atoms with Crippen molar-refractivity contribution in [3.8, 4) is 22.4 Å². The number of halogens is 3. The van der Waals surface area contributed by atoms with Crippen LogP contribution < -0.4 is 5.32 Å². The highest BCUT2D eigenvalue weighted by atomic mass is 32.1. The van der Waals surface area contributed by atoms with Gasteiger partial charge in [-0.2, -0.15) is 18.3 Å². The zero-order valence-corrected chi connectivity index (χ0v) is 28.1. The highest BCUT2D eigenvalue weighted by Gasteiger charge is 2.49. The molecule has 0 spiro atoms. The Bertz CT molecular complexity index is 2260. The number of aromatic carboxylic acids is 1. The molecular formula is C37H34F3N7O2S. The van der Waals surface area contributed by atoms with Crippen LogP contribution in [0.5, 0.6) is 0 Å². The smallest absolute Gasteiger partial charge is 0.419 e. The summed E-state index contributed by atoms with van der Waals surface area (Å²) in [5, 5.41) is 18.3. The van der Waals surface area contributed by atoms with E-state index in [9.17, 15) is 23.1 Å². The van der Waals surface area contributed by atoms with Crippen LogP contribution in [-0.2, 0) is 12.7 Å². The molecule has 4 aliphatic rings. The molecule has 0 amide bonds. The van der Waals surface area contributed by atoms with Crippen LogP contribution in [0.25, 0.3) is 38.2 Å². The molecule has 2 unspecified atom stereocenters. The number of hydrogen-bond donors (Lipinski definition) is 2. The van der Waals surface area contributed by atoms with Crippen molar-refractivity contribution in [1.82, 2.24) is 29.1 Å². The van der Waals surface area contributed by atoms with E-state index in [-0.39, 0.29) is 38.8 Å². The molecule has 4 saturated carbocycles. The van der Waals surface area contributed by atoms with Gasteiger partial charge in [-0.05, 0) is 86.5 Å². The summed E-state index contributed by atoms with van der Waals surface area (Å²) in [6.07, 6.45) is 10.5. The number of aromatic nitrogens is 6. The number of pyridine rings is 2. The third-order valence-corrected chi connectivity index (χ3v) is 12.2. The van der Waals surface area contributed by atoms with Crippen molar-refractivity contribution in [2.75, 3.05) is 5.32 Å². The summed E-state index contributed by atoms with van der Waals surface area (Å²) in [7, 11) is 0. The van der Waals surface area contributed by atoms with Crippen LogP contribution in [0.4, 0.5) is 24.1 Å². The van der Waals surface area contributed by atoms with Crippen LogP contribution in [0.2, 0.25) is 0 Å². The van der Waals surface area contributed by atoms with Crippen molar-refractivity contribution in [3.05, 3.63) is 78.0 Å². The first-order valence-corrected chi connectivity index (χ1v) is 17.8. The maximum absolute atomic E-state index is 14.4. The minimum atomic E-state index is -4.73. The fourth-order valence-corrected chi connectivity index (χ4v) is 10.3. The molecule has 2 atom stereocenters. The van der Waals surface area contributed by atoms with Gasteiger partial charge in [0.05, 0.1) is 33.9 Å². The number of hydrogen-bond acceptors (Lipinski definition) is 7. The molecule has 4 bridgehead atoms. The van der Waals surface area contributed by atoms with Gasteiger partial charge in [-0.25, -0.2) is 19.7 Å². The Kier molecular flexibility index (Phi) is 7.10. The minimum Gasteiger partial charge on any atom is -0.478 e. The van der Waals surface area contributed by atoms with Gasteiger partial charge in [0, 0.05) is 41.3 Å². The number of para-hydroxylation sites is 1. The molecule has 6 aromatic rings. The molecule has 4 fully saturated rings. The second-order valence-electron chi connectivity index (χ2n) is 14.5. The molecule has 1 aromatic carbocycles. The average molecular weight is 698 g/mol. The van der Waals surface area contributed by atoms with Gasteiger partial charge in [0.1, 0.15) is 11.4 Å². The zero-order chi connectivity index (χ0) is 34.4. The van der Waals surface area contributed by atoms with Gasteiger partial charge < -0.3 is 10.4 Å².